The minimum absolute atomic E-state index is 0.873. The molecule has 1 aromatic heterocycles. The Morgan fingerprint density at radius 2 is 2.06 bits per heavy atom. The van der Waals surface area contributed by atoms with Crippen LogP contribution in [0.15, 0.2) is 12.1 Å². The second-order valence-corrected chi connectivity index (χ2v) is 4.13. The first kappa shape index (κ1) is 11.0. The van der Waals surface area contributed by atoms with E-state index in [1.54, 1.807) is 7.11 Å². The number of rotatable bonds is 3. The Hall–Kier alpha value is -1.48. The molecule has 0 radical (unpaired) electrons. The quantitative estimate of drug-likeness (QED) is 0.830. The van der Waals surface area contributed by atoms with Gasteiger partial charge in [0.1, 0.15) is 5.75 Å². The van der Waals surface area contributed by atoms with Gasteiger partial charge in [-0.25, -0.2) is 0 Å². The fourth-order valence-corrected chi connectivity index (χ4v) is 2.15. The number of aryl methyl sites for hydroxylation is 2. The van der Waals surface area contributed by atoms with E-state index in [9.17, 15) is 0 Å². The maximum atomic E-state index is 5.31. The minimum Gasteiger partial charge on any atom is -0.497 e. The molecule has 0 amide bonds. The highest BCUT2D eigenvalue weighted by atomic mass is 16.5. The van der Waals surface area contributed by atoms with Crippen molar-refractivity contribution >= 4 is 10.9 Å². The van der Waals surface area contributed by atoms with Crippen molar-refractivity contribution in [3.8, 4) is 5.75 Å². The molecular formula is C13H18N2O. The van der Waals surface area contributed by atoms with E-state index >= 15 is 0 Å². The van der Waals surface area contributed by atoms with Crippen LogP contribution < -0.4 is 10.1 Å². The Morgan fingerprint density at radius 3 is 2.69 bits per heavy atom. The lowest BCUT2D eigenvalue weighted by molar-refractivity contribution is 0.415. The van der Waals surface area contributed by atoms with Crippen LogP contribution in [0.5, 0.6) is 5.75 Å². The molecule has 0 aliphatic heterocycles. The molecule has 0 saturated carbocycles. The van der Waals surface area contributed by atoms with Crippen molar-refractivity contribution in [2.24, 2.45) is 0 Å². The molecule has 0 bridgehead atoms. The van der Waals surface area contributed by atoms with Crippen LogP contribution in [-0.4, -0.2) is 19.1 Å². The summed E-state index contributed by atoms with van der Waals surface area (Å²) in [6.07, 6.45) is 0. The predicted molar refractivity (Wildman–Crippen MR) is 67.1 cm³/mol. The normalized spacial score (nSPS) is 11.0. The number of aromatic nitrogens is 1. The number of ether oxygens (including phenoxy) is 1. The van der Waals surface area contributed by atoms with Crippen molar-refractivity contribution in [1.82, 2.24) is 10.3 Å². The smallest absolute Gasteiger partial charge is 0.119 e. The van der Waals surface area contributed by atoms with Gasteiger partial charge in [0.25, 0.3) is 0 Å². The number of hydrogen-bond donors (Lipinski definition) is 2. The SMILES string of the molecule is CNCc1c(C)[nH]c2c(C)cc(OC)cc12. The summed E-state index contributed by atoms with van der Waals surface area (Å²) in [5.41, 5.74) is 4.98. The van der Waals surface area contributed by atoms with E-state index in [2.05, 4.69) is 36.3 Å². The van der Waals surface area contributed by atoms with Crippen LogP contribution in [0.25, 0.3) is 10.9 Å². The summed E-state index contributed by atoms with van der Waals surface area (Å²) in [4.78, 5) is 3.44. The topological polar surface area (TPSA) is 37.0 Å². The van der Waals surface area contributed by atoms with E-state index in [0.29, 0.717) is 0 Å². The van der Waals surface area contributed by atoms with E-state index in [1.807, 2.05) is 7.05 Å². The molecule has 2 N–H and O–H groups in total. The van der Waals surface area contributed by atoms with Gasteiger partial charge in [-0.15, -0.1) is 0 Å². The van der Waals surface area contributed by atoms with Crippen molar-refractivity contribution in [3.05, 3.63) is 29.0 Å². The maximum absolute atomic E-state index is 5.31. The molecule has 0 fully saturated rings. The molecule has 0 aliphatic carbocycles. The van der Waals surface area contributed by atoms with Crippen molar-refractivity contribution in [2.75, 3.05) is 14.2 Å². The third kappa shape index (κ3) is 1.67. The van der Waals surface area contributed by atoms with E-state index in [-0.39, 0.29) is 0 Å². The molecule has 0 aliphatic rings. The molecular weight excluding hydrogens is 200 g/mol. The van der Waals surface area contributed by atoms with Gasteiger partial charge in [-0.3, -0.25) is 0 Å². The third-order valence-electron chi connectivity index (χ3n) is 2.99. The number of fused-ring (bicyclic) bond motifs is 1. The Labute approximate surface area is 95.8 Å². The molecule has 1 heterocycles. The van der Waals surface area contributed by atoms with E-state index < -0.39 is 0 Å². The standard InChI is InChI=1S/C13H18N2O/c1-8-5-10(16-4)6-11-12(7-14-3)9(2)15-13(8)11/h5-6,14-15H,7H2,1-4H3. The highest BCUT2D eigenvalue weighted by molar-refractivity contribution is 5.88. The second-order valence-electron chi connectivity index (χ2n) is 4.13. The molecule has 0 spiro atoms. The van der Waals surface area contributed by atoms with Gasteiger partial charge in [-0.05, 0) is 44.2 Å². The Bertz CT molecular complexity index is 514. The fraction of sp³-hybridized carbons (Fsp3) is 0.385. The summed E-state index contributed by atoms with van der Waals surface area (Å²) >= 11 is 0. The summed E-state index contributed by atoms with van der Waals surface area (Å²) in [5.74, 6) is 0.918. The van der Waals surface area contributed by atoms with Gasteiger partial charge in [0.05, 0.1) is 7.11 Å². The fourth-order valence-electron chi connectivity index (χ4n) is 2.15. The van der Waals surface area contributed by atoms with Gasteiger partial charge in [0.2, 0.25) is 0 Å². The van der Waals surface area contributed by atoms with Crippen LogP contribution in [0.2, 0.25) is 0 Å². The van der Waals surface area contributed by atoms with Crippen LogP contribution >= 0.6 is 0 Å². The van der Waals surface area contributed by atoms with E-state index in [4.69, 9.17) is 4.74 Å². The first-order valence-electron chi connectivity index (χ1n) is 5.47. The lowest BCUT2D eigenvalue weighted by Gasteiger charge is -2.04. The zero-order valence-corrected chi connectivity index (χ0v) is 10.3. The molecule has 86 valence electrons. The highest BCUT2D eigenvalue weighted by Gasteiger charge is 2.10. The first-order chi connectivity index (χ1) is 7.67. The summed E-state index contributed by atoms with van der Waals surface area (Å²) in [6.45, 7) is 5.08. The highest BCUT2D eigenvalue weighted by Crippen LogP contribution is 2.29. The van der Waals surface area contributed by atoms with Crippen LogP contribution in [0.1, 0.15) is 16.8 Å². The minimum atomic E-state index is 0.873. The maximum Gasteiger partial charge on any atom is 0.119 e. The van der Waals surface area contributed by atoms with Crippen molar-refractivity contribution < 1.29 is 4.74 Å². The van der Waals surface area contributed by atoms with Gasteiger partial charge in [0.15, 0.2) is 0 Å². The first-order valence-corrected chi connectivity index (χ1v) is 5.47. The number of nitrogens with one attached hydrogen (secondary N) is 2. The molecule has 3 nitrogen and oxygen atoms in total. The van der Waals surface area contributed by atoms with Crippen molar-refractivity contribution in [1.29, 1.82) is 0 Å². The summed E-state index contributed by atoms with van der Waals surface area (Å²) in [6, 6.07) is 4.15. The summed E-state index contributed by atoms with van der Waals surface area (Å²) < 4.78 is 5.31. The number of hydrogen-bond acceptors (Lipinski definition) is 2. The molecule has 16 heavy (non-hydrogen) atoms. The van der Waals surface area contributed by atoms with E-state index in [1.165, 1.54) is 27.7 Å². The van der Waals surface area contributed by atoms with Crippen LogP contribution in [0.4, 0.5) is 0 Å². The molecule has 1 aromatic carbocycles. The average Bonchev–Trinajstić information content (AvgIpc) is 2.58. The van der Waals surface area contributed by atoms with E-state index in [0.717, 1.165) is 12.3 Å². The molecule has 2 aromatic rings. The number of aromatic amines is 1. The lowest BCUT2D eigenvalue weighted by Crippen LogP contribution is -2.05. The zero-order valence-electron chi connectivity index (χ0n) is 10.3. The molecule has 0 unspecified atom stereocenters. The lowest BCUT2D eigenvalue weighted by atomic mass is 10.1. The van der Waals surface area contributed by atoms with Crippen LogP contribution in [0.3, 0.4) is 0 Å². The van der Waals surface area contributed by atoms with Gasteiger partial charge in [0, 0.05) is 23.1 Å². The summed E-state index contributed by atoms with van der Waals surface area (Å²) in [7, 11) is 3.67. The number of H-pyrrole nitrogens is 1. The molecule has 2 rings (SSSR count). The number of methoxy groups -OCH3 is 1. The van der Waals surface area contributed by atoms with Gasteiger partial charge in [-0.1, -0.05) is 0 Å². The van der Waals surface area contributed by atoms with Gasteiger partial charge < -0.3 is 15.0 Å². The predicted octanol–water partition coefficient (Wildman–Crippen LogP) is 2.51. The van der Waals surface area contributed by atoms with Crippen molar-refractivity contribution in [2.45, 2.75) is 20.4 Å². The second kappa shape index (κ2) is 4.18. The molecule has 0 saturated heterocycles. The Morgan fingerprint density at radius 1 is 1.31 bits per heavy atom. The van der Waals surface area contributed by atoms with Gasteiger partial charge >= 0.3 is 0 Å². The zero-order chi connectivity index (χ0) is 11.7. The van der Waals surface area contributed by atoms with Gasteiger partial charge in [-0.2, -0.15) is 0 Å². The Kier molecular flexibility index (Phi) is 2.88. The molecule has 3 heteroatoms. The number of benzene rings is 1. The average molecular weight is 218 g/mol. The van der Waals surface area contributed by atoms with Crippen LogP contribution in [0, 0.1) is 13.8 Å². The Balaban J connectivity index is 2.70. The molecule has 0 atom stereocenters. The largest absolute Gasteiger partial charge is 0.497 e. The van der Waals surface area contributed by atoms with Crippen molar-refractivity contribution in [3.63, 3.8) is 0 Å². The summed E-state index contributed by atoms with van der Waals surface area (Å²) in [5, 5.41) is 4.45. The third-order valence-corrected chi connectivity index (χ3v) is 2.99. The monoisotopic (exact) mass is 218 g/mol. The van der Waals surface area contributed by atoms with Crippen LogP contribution in [-0.2, 0) is 6.54 Å².